The molecule has 0 aliphatic heterocycles. The molecule has 5 heteroatoms. The van der Waals surface area contributed by atoms with Gasteiger partial charge >= 0.3 is 5.97 Å². The van der Waals surface area contributed by atoms with Crippen molar-refractivity contribution in [2.24, 2.45) is 5.16 Å². The number of fused-ring (bicyclic) bond motifs is 3. The normalized spacial score (nSPS) is 22.3. The number of aromatic amines is 1. The van der Waals surface area contributed by atoms with Crippen LogP contribution in [0.1, 0.15) is 50.3 Å². The molecule has 1 aliphatic carbocycles. The van der Waals surface area contributed by atoms with Crippen LogP contribution in [0.25, 0.3) is 10.9 Å². The van der Waals surface area contributed by atoms with E-state index in [2.05, 4.69) is 17.1 Å². The van der Waals surface area contributed by atoms with Gasteiger partial charge in [0.1, 0.15) is 0 Å². The number of rotatable bonds is 4. The average molecular weight is 314 g/mol. The third-order valence-electron chi connectivity index (χ3n) is 5.20. The highest BCUT2D eigenvalue weighted by Gasteiger charge is 2.40. The molecule has 2 aromatic rings. The van der Waals surface area contributed by atoms with E-state index in [1.807, 2.05) is 24.3 Å². The first-order valence-electron chi connectivity index (χ1n) is 8.04. The maximum atomic E-state index is 11.6. The van der Waals surface area contributed by atoms with Crippen molar-refractivity contribution in [2.45, 2.75) is 44.4 Å². The van der Waals surface area contributed by atoms with Gasteiger partial charge in [-0.25, -0.2) is 0 Å². The summed E-state index contributed by atoms with van der Waals surface area (Å²) in [6.07, 6.45) is 3.61. The Morgan fingerprint density at radius 3 is 2.91 bits per heavy atom. The molecule has 0 saturated carbocycles. The summed E-state index contributed by atoms with van der Waals surface area (Å²) >= 11 is 0. The van der Waals surface area contributed by atoms with Crippen molar-refractivity contribution in [1.82, 2.24) is 4.98 Å². The number of ether oxygens (including phenoxy) is 1. The second-order valence-electron chi connectivity index (χ2n) is 6.18. The molecule has 0 bridgehead atoms. The van der Waals surface area contributed by atoms with Gasteiger partial charge in [0.2, 0.25) is 0 Å². The third kappa shape index (κ3) is 2.50. The van der Waals surface area contributed by atoms with E-state index in [-0.39, 0.29) is 11.4 Å². The minimum Gasteiger partial charge on any atom is -0.469 e. The number of carbonyl (C=O) groups is 1. The van der Waals surface area contributed by atoms with Crippen molar-refractivity contribution in [2.75, 3.05) is 7.11 Å². The highest BCUT2D eigenvalue weighted by atomic mass is 16.5. The van der Waals surface area contributed by atoms with E-state index in [1.54, 1.807) is 0 Å². The summed E-state index contributed by atoms with van der Waals surface area (Å²) in [5.41, 5.74) is 3.73. The molecule has 0 radical (unpaired) electrons. The Morgan fingerprint density at radius 1 is 1.43 bits per heavy atom. The summed E-state index contributed by atoms with van der Waals surface area (Å²) in [5, 5.41) is 14.0. The van der Waals surface area contributed by atoms with Crippen molar-refractivity contribution in [3.63, 3.8) is 0 Å². The minimum atomic E-state index is -0.183. The maximum absolute atomic E-state index is 11.6. The van der Waals surface area contributed by atoms with Crippen LogP contribution in [0.4, 0.5) is 0 Å². The monoisotopic (exact) mass is 314 g/mol. The van der Waals surface area contributed by atoms with Gasteiger partial charge in [-0.2, -0.15) is 0 Å². The van der Waals surface area contributed by atoms with E-state index in [4.69, 9.17) is 4.74 Å². The first-order chi connectivity index (χ1) is 11.1. The van der Waals surface area contributed by atoms with Crippen molar-refractivity contribution >= 4 is 22.6 Å². The van der Waals surface area contributed by atoms with Gasteiger partial charge in [-0.1, -0.05) is 30.3 Å². The van der Waals surface area contributed by atoms with Crippen LogP contribution >= 0.6 is 0 Å². The lowest BCUT2D eigenvalue weighted by molar-refractivity contribution is -0.141. The summed E-state index contributed by atoms with van der Waals surface area (Å²) in [4.78, 5) is 15.1. The molecule has 1 aromatic carbocycles. The van der Waals surface area contributed by atoms with Crippen LogP contribution in [0, 0.1) is 0 Å². The lowest BCUT2D eigenvalue weighted by atomic mass is 9.68. The van der Waals surface area contributed by atoms with Crippen LogP contribution in [0.5, 0.6) is 0 Å². The molecule has 1 heterocycles. The Balaban J connectivity index is 2.13. The SMILES string of the molecule is CC[C@]1(CCC(=O)OC)CC/C(=N\O)c2c1[nH]c1ccccc21. The summed E-state index contributed by atoms with van der Waals surface area (Å²) in [6, 6.07) is 8.05. The molecule has 0 spiro atoms. The van der Waals surface area contributed by atoms with E-state index in [9.17, 15) is 10.0 Å². The van der Waals surface area contributed by atoms with E-state index in [1.165, 1.54) is 7.11 Å². The van der Waals surface area contributed by atoms with E-state index in [0.29, 0.717) is 12.8 Å². The molecule has 1 aromatic heterocycles. The number of methoxy groups -OCH3 is 1. The highest BCUT2D eigenvalue weighted by molar-refractivity contribution is 6.13. The van der Waals surface area contributed by atoms with Crippen LogP contribution in [0.3, 0.4) is 0 Å². The summed E-state index contributed by atoms with van der Waals surface area (Å²) in [7, 11) is 1.42. The van der Waals surface area contributed by atoms with Gasteiger partial charge in [-0.05, 0) is 31.7 Å². The lowest BCUT2D eigenvalue weighted by Gasteiger charge is -2.36. The average Bonchev–Trinajstić information content (AvgIpc) is 3.00. The third-order valence-corrected chi connectivity index (χ3v) is 5.20. The molecule has 1 atom stereocenters. The summed E-state index contributed by atoms with van der Waals surface area (Å²) in [5.74, 6) is -0.183. The Hall–Kier alpha value is -2.30. The van der Waals surface area contributed by atoms with Crippen LogP contribution in [-0.4, -0.2) is 29.0 Å². The van der Waals surface area contributed by atoms with Gasteiger partial charge in [0.25, 0.3) is 0 Å². The molecular formula is C18H22N2O3. The number of hydrogen-bond acceptors (Lipinski definition) is 4. The summed E-state index contributed by atoms with van der Waals surface area (Å²) in [6.45, 7) is 2.15. The Labute approximate surface area is 135 Å². The van der Waals surface area contributed by atoms with E-state index < -0.39 is 0 Å². The number of nitrogens with zero attached hydrogens (tertiary/aromatic N) is 1. The van der Waals surface area contributed by atoms with Crippen LogP contribution < -0.4 is 0 Å². The van der Waals surface area contributed by atoms with Gasteiger partial charge in [-0.15, -0.1) is 0 Å². The van der Waals surface area contributed by atoms with Gasteiger partial charge in [-0.3, -0.25) is 4.79 Å². The standard InChI is InChI=1S/C18H22N2O3/c1-3-18(11-9-15(21)23-2)10-8-14(20-22)16-12-6-4-5-7-13(12)19-17(16)18/h4-7,19,22H,3,8-11H2,1-2H3/b20-14+/t18-/m1/s1. The number of esters is 1. The number of aromatic nitrogens is 1. The Morgan fingerprint density at radius 2 is 2.22 bits per heavy atom. The number of carbonyl (C=O) groups excluding carboxylic acids is 1. The maximum Gasteiger partial charge on any atom is 0.305 e. The second kappa shape index (κ2) is 6.07. The topological polar surface area (TPSA) is 74.7 Å². The quantitative estimate of drug-likeness (QED) is 0.513. The van der Waals surface area contributed by atoms with E-state index in [0.717, 1.165) is 47.1 Å². The van der Waals surface area contributed by atoms with Crippen molar-refractivity contribution in [3.8, 4) is 0 Å². The number of nitrogens with one attached hydrogen (secondary N) is 1. The Bertz CT molecular complexity index is 763. The van der Waals surface area contributed by atoms with Crippen LogP contribution in [0.2, 0.25) is 0 Å². The van der Waals surface area contributed by atoms with Gasteiger partial charge < -0.3 is 14.9 Å². The first kappa shape index (κ1) is 15.6. The molecule has 3 rings (SSSR count). The predicted octanol–water partition coefficient (Wildman–Crippen LogP) is 3.74. The molecule has 0 amide bonds. The number of H-pyrrole nitrogens is 1. The Kier molecular flexibility index (Phi) is 4.11. The number of benzene rings is 1. The molecule has 1 aliphatic rings. The number of oxime groups is 1. The predicted molar refractivity (Wildman–Crippen MR) is 89.1 cm³/mol. The van der Waals surface area contributed by atoms with Crippen molar-refractivity contribution in [1.29, 1.82) is 0 Å². The zero-order valence-corrected chi connectivity index (χ0v) is 13.6. The number of hydrogen-bond donors (Lipinski definition) is 2. The molecule has 5 nitrogen and oxygen atoms in total. The molecular weight excluding hydrogens is 292 g/mol. The smallest absolute Gasteiger partial charge is 0.305 e. The second-order valence-corrected chi connectivity index (χ2v) is 6.18. The summed E-state index contributed by atoms with van der Waals surface area (Å²) < 4.78 is 4.81. The zero-order valence-electron chi connectivity index (χ0n) is 13.6. The van der Waals surface area contributed by atoms with Gasteiger partial charge in [0.05, 0.1) is 12.8 Å². The lowest BCUT2D eigenvalue weighted by Crippen LogP contribution is -2.33. The molecule has 122 valence electrons. The van der Waals surface area contributed by atoms with Crippen LogP contribution in [-0.2, 0) is 14.9 Å². The van der Waals surface area contributed by atoms with Gasteiger partial charge in [0.15, 0.2) is 0 Å². The van der Waals surface area contributed by atoms with Gasteiger partial charge in [0, 0.05) is 34.0 Å². The van der Waals surface area contributed by atoms with Crippen molar-refractivity contribution in [3.05, 3.63) is 35.5 Å². The molecule has 0 unspecified atom stereocenters. The molecule has 0 saturated heterocycles. The minimum absolute atomic E-state index is 0.114. The van der Waals surface area contributed by atoms with Crippen LogP contribution in [0.15, 0.2) is 29.4 Å². The molecule has 2 N–H and O–H groups in total. The largest absolute Gasteiger partial charge is 0.469 e. The molecule has 23 heavy (non-hydrogen) atoms. The fourth-order valence-corrected chi connectivity index (χ4v) is 3.77. The first-order valence-corrected chi connectivity index (χ1v) is 8.04. The highest BCUT2D eigenvalue weighted by Crippen LogP contribution is 2.45. The fourth-order valence-electron chi connectivity index (χ4n) is 3.77. The fraction of sp³-hybridized carbons (Fsp3) is 0.444. The van der Waals surface area contributed by atoms with Crippen molar-refractivity contribution < 1.29 is 14.7 Å². The number of para-hydroxylation sites is 1. The van der Waals surface area contributed by atoms with E-state index >= 15 is 0 Å². The zero-order chi connectivity index (χ0) is 16.4. The molecule has 0 fully saturated rings.